The fourth-order valence-corrected chi connectivity index (χ4v) is 2.74. The second-order valence-corrected chi connectivity index (χ2v) is 6.76. The Labute approximate surface area is 210 Å². The zero-order valence-corrected chi connectivity index (χ0v) is 22.0. The molecule has 1 unspecified atom stereocenters. The molecule has 0 saturated carbocycles. The number of nitrogens with zero attached hydrogens (tertiary/aromatic N) is 8. The second kappa shape index (κ2) is 14.4. The summed E-state index contributed by atoms with van der Waals surface area (Å²) in [6, 6.07) is 2.96. The summed E-state index contributed by atoms with van der Waals surface area (Å²) in [7, 11) is 5.91. The molecule has 0 aliphatic rings. The topological polar surface area (TPSA) is 174 Å². The molecule has 15 heteroatoms. The number of carbonyl (C=O) groups is 1. The number of aromatic amines is 1. The highest BCUT2D eigenvalue weighted by molar-refractivity contribution is 7.15. The van der Waals surface area contributed by atoms with Crippen molar-refractivity contribution in [2.75, 3.05) is 6.66 Å². The molecule has 3 aromatic heterocycles. The van der Waals surface area contributed by atoms with Crippen LogP contribution in [0.25, 0.3) is 0 Å². The number of ether oxygens (including phenoxy) is 3. The van der Waals surface area contributed by atoms with Gasteiger partial charge in [-0.15, -0.1) is 19.4 Å². The van der Waals surface area contributed by atoms with Gasteiger partial charge in [-0.25, -0.2) is 0 Å². The molecular formula is C21H31N10O4P. The molecule has 0 bridgehead atoms. The molecule has 0 radical (unpaired) electrons. The molecule has 0 aliphatic carbocycles. The Morgan fingerprint density at radius 1 is 0.917 bits per heavy atom. The highest BCUT2D eigenvalue weighted by Crippen LogP contribution is 2.40. The highest BCUT2D eigenvalue weighted by Gasteiger charge is 2.19. The van der Waals surface area contributed by atoms with Crippen LogP contribution < -0.4 is 19.9 Å². The molecule has 3 N–H and O–H groups in total. The lowest BCUT2D eigenvalue weighted by Gasteiger charge is -2.17. The van der Waals surface area contributed by atoms with Gasteiger partial charge in [0.05, 0.1) is 18.6 Å². The molecule has 0 saturated heterocycles. The van der Waals surface area contributed by atoms with Crippen LogP contribution in [0.15, 0.2) is 30.7 Å². The molecule has 1 amide bonds. The average Bonchev–Trinajstić information content (AvgIpc) is 3.65. The molecular weight excluding hydrogens is 487 g/mol. The molecule has 4 rings (SSSR count). The third-order valence-corrected chi connectivity index (χ3v) is 4.19. The smallest absolute Gasteiger partial charge is 0.248 e. The first-order chi connectivity index (χ1) is 17.5. The largest absolute Gasteiger partial charge is 0.483 e. The van der Waals surface area contributed by atoms with E-state index < -0.39 is 5.91 Å². The van der Waals surface area contributed by atoms with E-state index >= 15 is 0 Å². The third-order valence-electron chi connectivity index (χ3n) is 4.19. The van der Waals surface area contributed by atoms with Crippen molar-refractivity contribution in [1.29, 1.82) is 0 Å². The van der Waals surface area contributed by atoms with E-state index in [-0.39, 0.29) is 42.6 Å². The lowest BCUT2D eigenvalue weighted by Crippen LogP contribution is -2.13. The van der Waals surface area contributed by atoms with Gasteiger partial charge < -0.3 is 19.9 Å². The summed E-state index contributed by atoms with van der Waals surface area (Å²) in [5, 5.41) is 26.0. The number of benzene rings is 1. The number of hydrogen-bond donors (Lipinski definition) is 2. The van der Waals surface area contributed by atoms with Gasteiger partial charge in [0.2, 0.25) is 11.7 Å². The maximum Gasteiger partial charge on any atom is 0.248 e. The van der Waals surface area contributed by atoms with Crippen LogP contribution in [0, 0.1) is 0 Å². The molecule has 1 aromatic carbocycles. The summed E-state index contributed by atoms with van der Waals surface area (Å²) in [5.74, 6) is 0.0856. The van der Waals surface area contributed by atoms with Gasteiger partial charge in [-0.3, -0.25) is 14.2 Å². The van der Waals surface area contributed by atoms with Crippen molar-refractivity contribution in [3.8, 4) is 17.2 Å². The molecule has 4 aromatic rings. The van der Waals surface area contributed by atoms with E-state index in [0.717, 1.165) is 0 Å². The molecule has 36 heavy (non-hydrogen) atoms. The number of rotatable bonds is 10. The summed E-state index contributed by atoms with van der Waals surface area (Å²) in [6.45, 7) is 6.16. The van der Waals surface area contributed by atoms with E-state index in [1.54, 1.807) is 35.9 Å². The molecule has 1 atom stereocenters. The van der Waals surface area contributed by atoms with Crippen LogP contribution in [0.5, 0.6) is 17.2 Å². The number of nitrogens with two attached hydrogens (primary N) is 1. The second-order valence-electron chi connectivity index (χ2n) is 6.76. The van der Waals surface area contributed by atoms with Crippen LogP contribution in [0.2, 0.25) is 0 Å². The number of primary amides is 1. The molecule has 3 heterocycles. The fraction of sp³-hybridized carbons (Fsp3) is 0.381. The lowest BCUT2D eigenvalue weighted by atomic mass is 10.1. The van der Waals surface area contributed by atoms with Gasteiger partial charge in [0, 0.05) is 19.7 Å². The number of carbonyl (C=O) groups excluding carboxylic acids is 1. The summed E-state index contributed by atoms with van der Waals surface area (Å²) < 4.78 is 20.8. The molecule has 0 spiro atoms. The summed E-state index contributed by atoms with van der Waals surface area (Å²) in [6.07, 6.45) is 4.94. The normalized spacial score (nSPS) is 9.94. The summed E-state index contributed by atoms with van der Waals surface area (Å²) in [5.41, 5.74) is 7.42. The van der Waals surface area contributed by atoms with Gasteiger partial charge in [0.15, 0.2) is 11.5 Å². The van der Waals surface area contributed by atoms with E-state index in [9.17, 15) is 4.79 Å². The van der Waals surface area contributed by atoms with Crippen molar-refractivity contribution in [2.24, 2.45) is 19.8 Å². The quantitative estimate of drug-likeness (QED) is 0.292. The van der Waals surface area contributed by atoms with Gasteiger partial charge in [-0.2, -0.15) is 15.4 Å². The van der Waals surface area contributed by atoms with Gasteiger partial charge >= 0.3 is 0 Å². The Kier molecular flexibility index (Phi) is 11.2. The van der Waals surface area contributed by atoms with Gasteiger partial charge in [-0.05, 0) is 12.1 Å². The monoisotopic (exact) mass is 518 g/mol. The van der Waals surface area contributed by atoms with Crippen LogP contribution in [-0.4, -0.2) is 58.0 Å². The van der Waals surface area contributed by atoms with Crippen LogP contribution in [0.4, 0.5) is 0 Å². The SMILES string of the molecule is CC.CP.Cn1cc(COc2cc(C(N)=O)cc(OCc3cn[nH]n3)c2OCc2cn(C)nn2)nn1. The van der Waals surface area contributed by atoms with Crippen LogP contribution in [0.1, 0.15) is 41.3 Å². The molecule has 14 nitrogen and oxygen atoms in total. The third kappa shape index (κ3) is 8.01. The molecule has 0 aliphatic heterocycles. The number of hydrogen-bond acceptors (Lipinski definition) is 10. The van der Waals surface area contributed by atoms with Crippen molar-refractivity contribution in [1.82, 2.24) is 45.4 Å². The summed E-state index contributed by atoms with van der Waals surface area (Å²) in [4.78, 5) is 11.9. The maximum absolute atomic E-state index is 11.9. The van der Waals surface area contributed by atoms with Crippen molar-refractivity contribution >= 4 is 15.1 Å². The zero-order chi connectivity index (χ0) is 26.5. The first kappa shape index (κ1) is 28.2. The van der Waals surface area contributed by atoms with Crippen molar-refractivity contribution in [3.63, 3.8) is 0 Å². The fourth-order valence-electron chi connectivity index (χ4n) is 2.74. The Bertz CT molecular complexity index is 1210. The van der Waals surface area contributed by atoms with E-state index in [0.29, 0.717) is 17.1 Å². The van der Waals surface area contributed by atoms with Gasteiger partial charge in [0.1, 0.15) is 36.9 Å². The Balaban J connectivity index is 0.00000109. The van der Waals surface area contributed by atoms with E-state index in [1.165, 1.54) is 18.3 Å². The number of aryl methyl sites for hydroxylation is 2. The number of amides is 1. The minimum absolute atomic E-state index is 0.0732. The zero-order valence-electron chi connectivity index (χ0n) is 20.9. The minimum atomic E-state index is -0.652. The van der Waals surface area contributed by atoms with Crippen molar-refractivity contribution in [3.05, 3.63) is 53.4 Å². The van der Waals surface area contributed by atoms with E-state index in [1.807, 2.05) is 20.5 Å². The number of nitrogens with one attached hydrogen (secondary N) is 1. The highest BCUT2D eigenvalue weighted by atomic mass is 31.0. The Hall–Kier alpha value is -4.06. The Morgan fingerprint density at radius 3 is 1.83 bits per heavy atom. The average molecular weight is 519 g/mol. The van der Waals surface area contributed by atoms with Crippen LogP contribution in [-0.2, 0) is 33.9 Å². The van der Waals surface area contributed by atoms with E-state index in [4.69, 9.17) is 19.9 Å². The standard InChI is InChI=1S/C18H20N10O4.C2H6.CH5P/c1-27-6-13(22-25-27)9-31-16-4-11(18(19)29)3-15(30-8-12-5-20-24-21-12)17(16)32-10-14-7-28(2)26-23-14;2*1-2/h3-7H,8-10H2,1-2H3,(H2,19,29)(H,20,21,24);1-2H3;2H2,1H3. The maximum atomic E-state index is 11.9. The Morgan fingerprint density at radius 2 is 1.42 bits per heavy atom. The predicted octanol–water partition coefficient (Wildman–Crippen LogP) is 1.42. The van der Waals surface area contributed by atoms with Crippen molar-refractivity contribution in [2.45, 2.75) is 33.7 Å². The number of H-pyrrole nitrogens is 1. The first-order valence-corrected chi connectivity index (χ1v) is 12.1. The predicted molar refractivity (Wildman–Crippen MR) is 133 cm³/mol. The minimum Gasteiger partial charge on any atom is -0.483 e. The first-order valence-electron chi connectivity index (χ1n) is 11.0. The summed E-state index contributed by atoms with van der Waals surface area (Å²) >= 11 is 0. The van der Waals surface area contributed by atoms with Gasteiger partial charge in [-0.1, -0.05) is 30.9 Å². The molecule has 0 fully saturated rings. The lowest BCUT2D eigenvalue weighted by molar-refractivity contribution is 0.0999. The van der Waals surface area contributed by atoms with Crippen molar-refractivity contribution < 1.29 is 19.0 Å². The molecule has 194 valence electrons. The van der Waals surface area contributed by atoms with Crippen LogP contribution in [0.3, 0.4) is 0 Å². The van der Waals surface area contributed by atoms with E-state index in [2.05, 4.69) is 45.3 Å². The van der Waals surface area contributed by atoms with Crippen LogP contribution >= 0.6 is 9.24 Å². The number of aromatic nitrogens is 9. The van der Waals surface area contributed by atoms with Gasteiger partial charge in [0.25, 0.3) is 0 Å².